The summed E-state index contributed by atoms with van der Waals surface area (Å²) >= 11 is 0. The molecule has 2 fully saturated rings. The second kappa shape index (κ2) is 6.84. The van der Waals surface area contributed by atoms with Gasteiger partial charge in [-0.2, -0.15) is 0 Å². The molecule has 0 bridgehead atoms. The lowest BCUT2D eigenvalue weighted by atomic mass is 9.80. The molecule has 2 N–H and O–H groups in total. The minimum Gasteiger partial charge on any atom is -0.481 e. The SMILES string of the molecule is C[C@H](NC(=O)N1CCC(C)(C(=O)O)CC1)C1CCC(F)CC1. The summed E-state index contributed by atoms with van der Waals surface area (Å²) in [6.45, 7) is 4.66. The monoisotopic (exact) mass is 314 g/mol. The fraction of sp³-hybridized carbons (Fsp3) is 0.875. The largest absolute Gasteiger partial charge is 0.481 e. The summed E-state index contributed by atoms with van der Waals surface area (Å²) in [6.07, 6.45) is 3.10. The lowest BCUT2D eigenvalue weighted by molar-refractivity contribution is -0.150. The smallest absolute Gasteiger partial charge is 0.317 e. The third kappa shape index (κ3) is 3.90. The molecule has 2 rings (SSSR count). The van der Waals surface area contributed by atoms with Crippen LogP contribution in [0.3, 0.4) is 0 Å². The van der Waals surface area contributed by atoms with Crippen LogP contribution in [-0.2, 0) is 4.79 Å². The molecular weight excluding hydrogens is 287 g/mol. The van der Waals surface area contributed by atoms with Crippen LogP contribution in [0.4, 0.5) is 9.18 Å². The first kappa shape index (κ1) is 17.0. The zero-order chi connectivity index (χ0) is 16.3. The maximum Gasteiger partial charge on any atom is 0.317 e. The summed E-state index contributed by atoms with van der Waals surface area (Å²) in [5.41, 5.74) is -0.720. The summed E-state index contributed by atoms with van der Waals surface area (Å²) in [6, 6.07) is -0.0879. The van der Waals surface area contributed by atoms with Crippen LogP contribution >= 0.6 is 0 Å². The fourth-order valence-electron chi connectivity index (χ4n) is 3.40. The van der Waals surface area contributed by atoms with Crippen molar-refractivity contribution in [3.63, 3.8) is 0 Å². The van der Waals surface area contributed by atoms with E-state index < -0.39 is 17.6 Å². The number of urea groups is 1. The number of carbonyl (C=O) groups is 2. The van der Waals surface area contributed by atoms with Gasteiger partial charge < -0.3 is 15.3 Å². The molecule has 0 aromatic heterocycles. The van der Waals surface area contributed by atoms with Crippen LogP contribution < -0.4 is 5.32 Å². The van der Waals surface area contributed by atoms with Gasteiger partial charge in [0.05, 0.1) is 5.41 Å². The predicted octanol–water partition coefficient (Wildman–Crippen LogP) is 2.80. The number of piperidine rings is 1. The zero-order valence-corrected chi connectivity index (χ0v) is 13.5. The van der Waals surface area contributed by atoms with Crippen molar-refractivity contribution in [1.82, 2.24) is 10.2 Å². The summed E-state index contributed by atoms with van der Waals surface area (Å²) in [4.78, 5) is 25.2. The molecule has 1 saturated carbocycles. The number of hydrogen-bond acceptors (Lipinski definition) is 2. The lowest BCUT2D eigenvalue weighted by Gasteiger charge is -2.38. The first-order chi connectivity index (χ1) is 10.3. The van der Waals surface area contributed by atoms with Crippen LogP contribution in [0.5, 0.6) is 0 Å². The maximum absolute atomic E-state index is 13.2. The Morgan fingerprint density at radius 2 is 1.77 bits per heavy atom. The number of nitrogens with one attached hydrogen (secondary N) is 1. The van der Waals surface area contributed by atoms with Crippen LogP contribution in [0.2, 0.25) is 0 Å². The Bertz CT molecular complexity index is 414. The van der Waals surface area contributed by atoms with Gasteiger partial charge in [0.25, 0.3) is 0 Å². The number of hydrogen-bond donors (Lipinski definition) is 2. The van der Waals surface area contributed by atoms with Crippen molar-refractivity contribution >= 4 is 12.0 Å². The first-order valence-electron chi connectivity index (χ1n) is 8.25. The average Bonchev–Trinajstić information content (AvgIpc) is 2.48. The second-order valence-electron chi connectivity index (χ2n) is 7.10. The van der Waals surface area contributed by atoms with Crippen molar-refractivity contribution < 1.29 is 19.1 Å². The van der Waals surface area contributed by atoms with E-state index >= 15 is 0 Å². The van der Waals surface area contributed by atoms with Gasteiger partial charge in [-0.3, -0.25) is 4.79 Å². The molecule has 1 heterocycles. The zero-order valence-electron chi connectivity index (χ0n) is 13.5. The van der Waals surface area contributed by atoms with Crippen LogP contribution in [-0.4, -0.2) is 47.3 Å². The highest BCUT2D eigenvalue weighted by atomic mass is 19.1. The Labute approximate surface area is 131 Å². The van der Waals surface area contributed by atoms with Crippen LogP contribution in [0, 0.1) is 11.3 Å². The van der Waals surface area contributed by atoms with Crippen molar-refractivity contribution in [1.29, 1.82) is 0 Å². The molecule has 0 aromatic carbocycles. The minimum atomic E-state index is -0.788. The molecule has 0 spiro atoms. The number of nitrogens with zero attached hydrogens (tertiary/aromatic N) is 1. The Morgan fingerprint density at radius 3 is 2.27 bits per heavy atom. The number of likely N-dealkylation sites (tertiary alicyclic amines) is 1. The van der Waals surface area contributed by atoms with E-state index in [2.05, 4.69) is 5.32 Å². The van der Waals surface area contributed by atoms with Crippen LogP contribution in [0.1, 0.15) is 52.4 Å². The lowest BCUT2D eigenvalue weighted by Crippen LogP contribution is -2.51. The van der Waals surface area contributed by atoms with Gasteiger partial charge in [-0.1, -0.05) is 0 Å². The highest BCUT2D eigenvalue weighted by Gasteiger charge is 2.38. The molecule has 1 saturated heterocycles. The highest BCUT2D eigenvalue weighted by Crippen LogP contribution is 2.31. The van der Waals surface area contributed by atoms with Gasteiger partial charge in [0.2, 0.25) is 0 Å². The third-order valence-electron chi connectivity index (χ3n) is 5.43. The summed E-state index contributed by atoms with van der Waals surface area (Å²) in [5.74, 6) is -0.450. The molecule has 6 heteroatoms. The number of halogens is 1. The van der Waals surface area contributed by atoms with Crippen LogP contribution in [0.25, 0.3) is 0 Å². The van der Waals surface area contributed by atoms with E-state index in [-0.39, 0.29) is 12.1 Å². The minimum absolute atomic E-state index is 0.0350. The van der Waals surface area contributed by atoms with E-state index in [0.717, 1.165) is 12.8 Å². The van der Waals surface area contributed by atoms with E-state index in [9.17, 15) is 19.1 Å². The predicted molar refractivity (Wildman–Crippen MR) is 81.4 cm³/mol. The molecule has 1 aliphatic carbocycles. The molecule has 0 unspecified atom stereocenters. The van der Waals surface area contributed by atoms with Crippen molar-refractivity contribution in [2.75, 3.05) is 13.1 Å². The molecule has 1 atom stereocenters. The van der Waals surface area contributed by atoms with E-state index in [4.69, 9.17) is 0 Å². The van der Waals surface area contributed by atoms with Gasteiger partial charge in [-0.25, -0.2) is 9.18 Å². The number of alkyl halides is 1. The fourth-order valence-corrected chi connectivity index (χ4v) is 3.40. The topological polar surface area (TPSA) is 69.6 Å². The van der Waals surface area contributed by atoms with E-state index in [0.29, 0.717) is 44.7 Å². The van der Waals surface area contributed by atoms with Gasteiger partial charge in [-0.15, -0.1) is 0 Å². The Morgan fingerprint density at radius 1 is 1.23 bits per heavy atom. The van der Waals surface area contributed by atoms with Crippen molar-refractivity contribution in [2.24, 2.45) is 11.3 Å². The Balaban J connectivity index is 1.79. The summed E-state index contributed by atoms with van der Waals surface area (Å²) in [5, 5.41) is 12.2. The quantitative estimate of drug-likeness (QED) is 0.841. The average molecular weight is 314 g/mol. The second-order valence-corrected chi connectivity index (χ2v) is 7.10. The normalized spacial score (nSPS) is 29.7. The standard InChI is InChI=1S/C16H27FN2O3/c1-11(12-3-5-13(17)6-4-12)18-15(22)19-9-7-16(2,8-10-19)14(20)21/h11-13H,3-10H2,1-2H3,(H,18,22)(H,20,21)/t11-,12?,13?/m0/s1. The summed E-state index contributed by atoms with van der Waals surface area (Å²) < 4.78 is 13.2. The molecule has 1 aliphatic heterocycles. The van der Waals surface area contributed by atoms with E-state index in [1.165, 1.54) is 0 Å². The van der Waals surface area contributed by atoms with Crippen molar-refractivity contribution in [2.45, 2.75) is 64.6 Å². The maximum atomic E-state index is 13.2. The molecule has 0 radical (unpaired) electrons. The molecule has 5 nitrogen and oxygen atoms in total. The molecule has 2 amide bonds. The van der Waals surface area contributed by atoms with Crippen LogP contribution in [0.15, 0.2) is 0 Å². The van der Waals surface area contributed by atoms with Gasteiger partial charge in [0.15, 0.2) is 0 Å². The van der Waals surface area contributed by atoms with E-state index in [1.807, 2.05) is 6.92 Å². The Kier molecular flexibility index (Phi) is 5.29. The number of carboxylic acid groups (broad SMARTS) is 1. The van der Waals surface area contributed by atoms with Crippen molar-refractivity contribution in [3.8, 4) is 0 Å². The highest BCUT2D eigenvalue weighted by molar-refractivity contribution is 5.77. The number of carboxylic acids is 1. The number of rotatable bonds is 3. The molecule has 126 valence electrons. The molecule has 2 aliphatic rings. The third-order valence-corrected chi connectivity index (χ3v) is 5.43. The van der Waals surface area contributed by atoms with Gasteiger partial charge in [-0.05, 0) is 58.3 Å². The van der Waals surface area contributed by atoms with Crippen molar-refractivity contribution in [3.05, 3.63) is 0 Å². The Hall–Kier alpha value is -1.33. The van der Waals surface area contributed by atoms with Gasteiger partial charge >= 0.3 is 12.0 Å². The number of aliphatic carboxylic acids is 1. The number of carbonyl (C=O) groups excluding carboxylic acids is 1. The summed E-state index contributed by atoms with van der Waals surface area (Å²) in [7, 11) is 0. The number of amides is 2. The van der Waals surface area contributed by atoms with Gasteiger partial charge in [0, 0.05) is 19.1 Å². The molecule has 0 aromatic rings. The first-order valence-corrected chi connectivity index (χ1v) is 8.25. The van der Waals surface area contributed by atoms with E-state index in [1.54, 1.807) is 11.8 Å². The molecular formula is C16H27FN2O3. The van der Waals surface area contributed by atoms with Gasteiger partial charge in [0.1, 0.15) is 6.17 Å². The molecule has 22 heavy (non-hydrogen) atoms.